The molecule has 0 bridgehead atoms. The summed E-state index contributed by atoms with van der Waals surface area (Å²) >= 11 is 7.22. The van der Waals surface area contributed by atoms with Crippen LogP contribution in [0.15, 0.2) is 24.3 Å². The number of likely N-dealkylation sites (N-methyl/N-ethyl adjacent to an activating group) is 1. The summed E-state index contributed by atoms with van der Waals surface area (Å²) in [7, 11) is 1.87. The van der Waals surface area contributed by atoms with Crippen LogP contribution in [-0.4, -0.2) is 59.1 Å². The van der Waals surface area contributed by atoms with Gasteiger partial charge in [-0.1, -0.05) is 23.7 Å². The molecule has 0 saturated carbocycles. The third-order valence-electron chi connectivity index (χ3n) is 4.20. The number of nitrogens with zero attached hydrogens (tertiary/aromatic N) is 4. The molecule has 2 unspecified atom stereocenters. The maximum atomic E-state index is 12.6. The van der Waals surface area contributed by atoms with E-state index >= 15 is 0 Å². The van der Waals surface area contributed by atoms with Crippen molar-refractivity contribution >= 4 is 34.2 Å². The third kappa shape index (κ3) is 4.93. The van der Waals surface area contributed by atoms with Gasteiger partial charge in [0, 0.05) is 43.1 Å². The van der Waals surface area contributed by atoms with E-state index in [0.29, 0.717) is 24.5 Å². The highest BCUT2D eigenvalue weighted by molar-refractivity contribution is 7.09. The standard InChI is InChI=1S/C18H23ClN4O2S/c1-12-9-23(10-13(2)25-12)17(24)11-22(3)18-20-16(21-26-18)8-14-4-6-15(19)7-5-14/h4-7,12-13H,8-11H2,1-3H3. The Balaban J connectivity index is 1.58. The summed E-state index contributed by atoms with van der Waals surface area (Å²) in [5.74, 6) is 0.837. The summed E-state index contributed by atoms with van der Waals surface area (Å²) < 4.78 is 10.1. The molecule has 8 heteroatoms. The van der Waals surface area contributed by atoms with E-state index in [1.165, 1.54) is 11.5 Å². The Morgan fingerprint density at radius 2 is 1.96 bits per heavy atom. The largest absolute Gasteiger partial charge is 0.372 e. The number of benzene rings is 1. The molecule has 0 spiro atoms. The van der Waals surface area contributed by atoms with Crippen LogP contribution >= 0.6 is 23.1 Å². The molecule has 1 fully saturated rings. The van der Waals surface area contributed by atoms with Crippen LogP contribution in [0.2, 0.25) is 5.02 Å². The Hall–Kier alpha value is -1.70. The zero-order chi connectivity index (χ0) is 18.7. The maximum Gasteiger partial charge on any atom is 0.242 e. The molecular weight excluding hydrogens is 372 g/mol. The lowest BCUT2D eigenvalue weighted by molar-refractivity contribution is -0.141. The molecule has 1 aliphatic rings. The van der Waals surface area contributed by atoms with Gasteiger partial charge >= 0.3 is 0 Å². The van der Waals surface area contributed by atoms with Gasteiger partial charge < -0.3 is 14.5 Å². The van der Waals surface area contributed by atoms with E-state index in [9.17, 15) is 4.79 Å². The molecule has 0 radical (unpaired) electrons. The van der Waals surface area contributed by atoms with Gasteiger partial charge in [-0.2, -0.15) is 4.37 Å². The number of hydrogen-bond acceptors (Lipinski definition) is 6. The van der Waals surface area contributed by atoms with Crippen molar-refractivity contribution in [2.75, 3.05) is 31.6 Å². The van der Waals surface area contributed by atoms with E-state index in [1.807, 2.05) is 55.0 Å². The molecule has 3 rings (SSSR count). The first kappa shape index (κ1) is 19.1. The Bertz CT molecular complexity index is 742. The van der Waals surface area contributed by atoms with Gasteiger partial charge in [0.1, 0.15) is 5.82 Å². The monoisotopic (exact) mass is 394 g/mol. The number of hydrogen-bond donors (Lipinski definition) is 0. The minimum atomic E-state index is 0.0699. The van der Waals surface area contributed by atoms with Crippen LogP contribution in [0.4, 0.5) is 5.13 Å². The molecule has 1 aliphatic heterocycles. The van der Waals surface area contributed by atoms with Gasteiger partial charge in [-0.3, -0.25) is 4.79 Å². The van der Waals surface area contributed by atoms with Crippen LogP contribution in [-0.2, 0) is 16.0 Å². The molecule has 26 heavy (non-hydrogen) atoms. The average molecular weight is 395 g/mol. The topological polar surface area (TPSA) is 58.6 Å². The fourth-order valence-corrected chi connectivity index (χ4v) is 3.78. The lowest BCUT2D eigenvalue weighted by Gasteiger charge is -2.36. The highest BCUT2D eigenvalue weighted by Crippen LogP contribution is 2.19. The van der Waals surface area contributed by atoms with Crippen molar-refractivity contribution < 1.29 is 9.53 Å². The van der Waals surface area contributed by atoms with Gasteiger partial charge in [-0.25, -0.2) is 4.98 Å². The molecule has 0 aliphatic carbocycles. The minimum absolute atomic E-state index is 0.0699. The van der Waals surface area contributed by atoms with Crippen LogP contribution in [0.25, 0.3) is 0 Å². The zero-order valence-electron chi connectivity index (χ0n) is 15.2. The molecule has 140 valence electrons. The predicted octanol–water partition coefficient (Wildman–Crippen LogP) is 2.85. The van der Waals surface area contributed by atoms with Crippen molar-refractivity contribution in [1.29, 1.82) is 0 Å². The Morgan fingerprint density at radius 1 is 1.31 bits per heavy atom. The molecule has 2 heterocycles. The molecule has 1 aromatic carbocycles. The molecule has 1 saturated heterocycles. The minimum Gasteiger partial charge on any atom is -0.372 e. The zero-order valence-corrected chi connectivity index (χ0v) is 16.8. The van der Waals surface area contributed by atoms with Crippen LogP contribution in [0.1, 0.15) is 25.2 Å². The first-order valence-electron chi connectivity index (χ1n) is 8.62. The van der Waals surface area contributed by atoms with E-state index < -0.39 is 0 Å². The van der Waals surface area contributed by atoms with Gasteiger partial charge in [-0.15, -0.1) is 0 Å². The third-order valence-corrected chi connectivity index (χ3v) is 5.32. The van der Waals surface area contributed by atoms with Gasteiger partial charge in [0.15, 0.2) is 0 Å². The molecule has 1 aromatic heterocycles. The second-order valence-electron chi connectivity index (χ2n) is 6.71. The van der Waals surface area contributed by atoms with Crippen molar-refractivity contribution in [2.24, 2.45) is 0 Å². The maximum absolute atomic E-state index is 12.6. The highest BCUT2D eigenvalue weighted by atomic mass is 35.5. The lowest BCUT2D eigenvalue weighted by Crippen LogP contribution is -2.50. The SMILES string of the molecule is CC1CN(C(=O)CN(C)c2nc(Cc3ccc(Cl)cc3)ns2)CC(C)O1. The Morgan fingerprint density at radius 3 is 2.62 bits per heavy atom. The van der Waals surface area contributed by atoms with Gasteiger partial charge in [0.05, 0.1) is 18.8 Å². The van der Waals surface area contributed by atoms with Gasteiger partial charge in [0.25, 0.3) is 0 Å². The Kier molecular flexibility index (Phi) is 6.11. The van der Waals surface area contributed by atoms with Crippen LogP contribution in [0, 0.1) is 0 Å². The summed E-state index contributed by atoms with van der Waals surface area (Å²) in [4.78, 5) is 20.9. The molecule has 1 amide bonds. The number of aromatic nitrogens is 2. The molecule has 2 atom stereocenters. The number of rotatable bonds is 5. The quantitative estimate of drug-likeness (QED) is 0.780. The smallest absolute Gasteiger partial charge is 0.242 e. The van der Waals surface area contributed by atoms with E-state index in [1.54, 1.807) is 0 Å². The van der Waals surface area contributed by atoms with Gasteiger partial charge in [-0.05, 0) is 31.5 Å². The fourth-order valence-electron chi connectivity index (χ4n) is 3.01. The molecule has 2 aromatic rings. The summed E-state index contributed by atoms with van der Waals surface area (Å²) in [6, 6.07) is 7.66. The normalized spacial score (nSPS) is 20.2. The van der Waals surface area contributed by atoms with Crippen molar-refractivity contribution in [3.8, 4) is 0 Å². The number of carbonyl (C=O) groups is 1. The number of amides is 1. The predicted molar refractivity (Wildman–Crippen MR) is 104 cm³/mol. The molecule has 6 nitrogen and oxygen atoms in total. The van der Waals surface area contributed by atoms with E-state index in [4.69, 9.17) is 16.3 Å². The second-order valence-corrected chi connectivity index (χ2v) is 7.88. The van der Waals surface area contributed by atoms with Crippen molar-refractivity contribution in [1.82, 2.24) is 14.3 Å². The van der Waals surface area contributed by atoms with Crippen LogP contribution in [0.5, 0.6) is 0 Å². The number of ether oxygens (including phenoxy) is 1. The summed E-state index contributed by atoms with van der Waals surface area (Å²) in [6.45, 7) is 5.54. The lowest BCUT2D eigenvalue weighted by atomic mass is 10.1. The second kappa shape index (κ2) is 8.33. The first-order chi connectivity index (χ1) is 12.4. The average Bonchev–Trinajstić information content (AvgIpc) is 3.04. The first-order valence-corrected chi connectivity index (χ1v) is 9.77. The van der Waals surface area contributed by atoms with Crippen molar-refractivity contribution in [3.05, 3.63) is 40.7 Å². The fraction of sp³-hybridized carbons (Fsp3) is 0.500. The number of halogens is 1. The van der Waals surface area contributed by atoms with E-state index in [2.05, 4.69) is 9.36 Å². The summed E-state index contributed by atoms with van der Waals surface area (Å²) in [6.07, 6.45) is 0.787. The number of morpholine rings is 1. The van der Waals surface area contributed by atoms with E-state index in [0.717, 1.165) is 16.5 Å². The molecular formula is C18H23ClN4O2S. The van der Waals surface area contributed by atoms with Crippen molar-refractivity contribution in [2.45, 2.75) is 32.5 Å². The Labute approximate surface area is 162 Å². The van der Waals surface area contributed by atoms with Crippen LogP contribution < -0.4 is 4.90 Å². The number of anilines is 1. The molecule has 0 N–H and O–H groups in total. The van der Waals surface area contributed by atoms with Crippen LogP contribution in [0.3, 0.4) is 0 Å². The summed E-state index contributed by atoms with van der Waals surface area (Å²) in [5.41, 5.74) is 1.11. The van der Waals surface area contributed by atoms with Crippen molar-refractivity contribution in [3.63, 3.8) is 0 Å². The summed E-state index contributed by atoms with van der Waals surface area (Å²) in [5, 5.41) is 1.46. The number of carbonyl (C=O) groups excluding carboxylic acids is 1. The highest BCUT2D eigenvalue weighted by Gasteiger charge is 2.26. The van der Waals surface area contributed by atoms with E-state index in [-0.39, 0.29) is 24.7 Å². The van der Waals surface area contributed by atoms with Gasteiger partial charge in [0.2, 0.25) is 11.0 Å².